The van der Waals surface area contributed by atoms with Crippen LogP contribution in [0.5, 0.6) is 0 Å². The van der Waals surface area contributed by atoms with E-state index >= 15 is 0 Å². The Labute approximate surface area is 128 Å². The van der Waals surface area contributed by atoms with Gasteiger partial charge in [0.25, 0.3) is 0 Å². The van der Waals surface area contributed by atoms with Crippen LogP contribution in [0.2, 0.25) is 0 Å². The highest BCUT2D eigenvalue weighted by Crippen LogP contribution is 2.11. The number of carbonyl (C=O) groups excluding carboxylic acids is 1. The van der Waals surface area contributed by atoms with Crippen LogP contribution in [0.4, 0.5) is 0 Å². The topological polar surface area (TPSA) is 107 Å². The monoisotopic (exact) mass is 323 g/mol. The van der Waals surface area contributed by atoms with Crippen LogP contribution in [0.3, 0.4) is 0 Å². The second kappa shape index (κ2) is 11.9. The Morgan fingerprint density at radius 3 is 1.95 bits per heavy atom. The van der Waals surface area contributed by atoms with E-state index < -0.39 is 28.1 Å². The molecule has 0 aromatic heterocycles. The van der Waals surface area contributed by atoms with Crippen LogP contribution in [0.1, 0.15) is 71.1 Å². The lowest BCUT2D eigenvalue weighted by atomic mass is 10.1. The molecule has 0 saturated carbocycles. The molecule has 0 heterocycles. The number of esters is 1. The Hall–Kier alpha value is -0.660. The van der Waals surface area contributed by atoms with Crippen molar-refractivity contribution in [2.24, 2.45) is 5.73 Å². The van der Waals surface area contributed by atoms with Gasteiger partial charge in [-0.1, -0.05) is 58.3 Å². The summed E-state index contributed by atoms with van der Waals surface area (Å²) in [6.45, 7) is 1.75. The smallest absolute Gasteiger partial charge is 0.307 e. The molecule has 3 N–H and O–H groups in total. The van der Waals surface area contributed by atoms with Crippen molar-refractivity contribution in [2.45, 2.75) is 76.6 Å². The number of hydrogen-bond acceptors (Lipinski definition) is 5. The van der Waals surface area contributed by atoms with Crippen molar-refractivity contribution in [2.75, 3.05) is 6.54 Å². The van der Waals surface area contributed by atoms with Crippen LogP contribution in [0, 0.1) is 0 Å². The zero-order chi connectivity index (χ0) is 16.1. The number of carbonyl (C=O) groups is 1. The molecule has 0 fully saturated rings. The molecule has 0 rings (SSSR count). The zero-order valence-electron chi connectivity index (χ0n) is 12.9. The molecule has 6 nitrogen and oxygen atoms in total. The van der Waals surface area contributed by atoms with Crippen molar-refractivity contribution in [1.82, 2.24) is 0 Å². The van der Waals surface area contributed by atoms with Gasteiger partial charge in [-0.05, 0) is 6.42 Å². The molecule has 0 aromatic carbocycles. The summed E-state index contributed by atoms with van der Waals surface area (Å²) >= 11 is 0. The number of nitrogens with two attached hydrogens (primary N) is 1. The van der Waals surface area contributed by atoms with Crippen molar-refractivity contribution in [3.63, 3.8) is 0 Å². The van der Waals surface area contributed by atoms with E-state index in [4.69, 9.17) is 10.3 Å². The SMILES string of the molecule is CCCCCCCCCCCC(=O)OC(CN)S(=O)(=O)O. The molecule has 0 amide bonds. The fraction of sp³-hybridized carbons (Fsp3) is 0.929. The third-order valence-electron chi connectivity index (χ3n) is 3.27. The Kier molecular flexibility index (Phi) is 11.6. The maximum absolute atomic E-state index is 11.4. The van der Waals surface area contributed by atoms with Gasteiger partial charge < -0.3 is 10.5 Å². The molecule has 126 valence electrons. The molecular weight excluding hydrogens is 294 g/mol. The van der Waals surface area contributed by atoms with Gasteiger partial charge in [-0.25, -0.2) is 0 Å². The lowest BCUT2D eigenvalue weighted by Crippen LogP contribution is -2.34. The summed E-state index contributed by atoms with van der Waals surface area (Å²) in [5.41, 5.74) is 3.49. The minimum Gasteiger partial charge on any atom is -0.442 e. The van der Waals surface area contributed by atoms with E-state index in [1.54, 1.807) is 0 Å². The third kappa shape index (κ3) is 11.7. The van der Waals surface area contributed by atoms with Gasteiger partial charge in [0.05, 0.1) is 0 Å². The summed E-state index contributed by atoms with van der Waals surface area (Å²) in [6.07, 6.45) is 10.3. The maximum atomic E-state index is 11.4. The fourth-order valence-corrected chi connectivity index (χ4v) is 2.49. The van der Waals surface area contributed by atoms with E-state index in [1.165, 1.54) is 32.1 Å². The second-order valence-corrected chi connectivity index (χ2v) is 6.80. The molecule has 0 aliphatic carbocycles. The first-order valence-electron chi connectivity index (χ1n) is 7.77. The Bertz CT molecular complexity index is 370. The van der Waals surface area contributed by atoms with Crippen LogP contribution in [0.15, 0.2) is 0 Å². The number of rotatable bonds is 13. The molecule has 0 radical (unpaired) electrons. The predicted molar refractivity (Wildman–Crippen MR) is 82.3 cm³/mol. The fourth-order valence-electron chi connectivity index (χ4n) is 2.02. The summed E-state index contributed by atoms with van der Waals surface area (Å²) in [5.74, 6) is -0.633. The van der Waals surface area contributed by atoms with E-state index in [9.17, 15) is 13.2 Å². The highest BCUT2D eigenvalue weighted by molar-refractivity contribution is 7.86. The van der Waals surface area contributed by atoms with Gasteiger partial charge in [0.2, 0.25) is 5.44 Å². The van der Waals surface area contributed by atoms with Gasteiger partial charge in [0, 0.05) is 13.0 Å². The summed E-state index contributed by atoms with van der Waals surface area (Å²) in [5, 5.41) is 0. The van der Waals surface area contributed by atoms with Crippen molar-refractivity contribution in [3.8, 4) is 0 Å². The number of unbranched alkanes of at least 4 members (excludes halogenated alkanes) is 8. The minimum atomic E-state index is -4.43. The lowest BCUT2D eigenvalue weighted by Gasteiger charge is -2.12. The highest BCUT2D eigenvalue weighted by Gasteiger charge is 2.25. The first-order valence-corrected chi connectivity index (χ1v) is 9.28. The molecule has 0 aliphatic heterocycles. The second-order valence-electron chi connectivity index (χ2n) is 5.25. The average molecular weight is 323 g/mol. The molecule has 0 spiro atoms. The molecule has 1 unspecified atom stereocenters. The maximum Gasteiger partial charge on any atom is 0.307 e. The van der Waals surface area contributed by atoms with Crippen molar-refractivity contribution in [1.29, 1.82) is 0 Å². The molecule has 21 heavy (non-hydrogen) atoms. The van der Waals surface area contributed by atoms with Crippen LogP contribution in [0.25, 0.3) is 0 Å². The van der Waals surface area contributed by atoms with Crippen LogP contribution in [-0.4, -0.2) is 30.9 Å². The van der Waals surface area contributed by atoms with E-state index in [1.807, 2.05) is 0 Å². The van der Waals surface area contributed by atoms with Gasteiger partial charge in [-0.2, -0.15) is 8.42 Å². The lowest BCUT2D eigenvalue weighted by molar-refractivity contribution is -0.145. The molecule has 7 heteroatoms. The van der Waals surface area contributed by atoms with E-state index in [2.05, 4.69) is 11.7 Å². The van der Waals surface area contributed by atoms with Crippen molar-refractivity contribution < 1.29 is 22.5 Å². The number of hydrogen-bond donors (Lipinski definition) is 2. The van der Waals surface area contributed by atoms with Gasteiger partial charge in [0.15, 0.2) is 0 Å². The quantitative estimate of drug-likeness (QED) is 0.306. The van der Waals surface area contributed by atoms with E-state index in [-0.39, 0.29) is 6.42 Å². The van der Waals surface area contributed by atoms with E-state index in [0.29, 0.717) is 6.42 Å². The Morgan fingerprint density at radius 1 is 1.05 bits per heavy atom. The summed E-state index contributed by atoms with van der Waals surface area (Å²) in [7, 11) is -4.43. The van der Waals surface area contributed by atoms with Crippen LogP contribution < -0.4 is 5.73 Å². The van der Waals surface area contributed by atoms with Crippen LogP contribution >= 0.6 is 0 Å². The highest BCUT2D eigenvalue weighted by atomic mass is 32.2. The largest absolute Gasteiger partial charge is 0.442 e. The summed E-state index contributed by atoms with van der Waals surface area (Å²) in [4.78, 5) is 11.4. The average Bonchev–Trinajstić information content (AvgIpc) is 2.41. The Morgan fingerprint density at radius 2 is 1.52 bits per heavy atom. The molecular formula is C14H29NO5S. The molecule has 0 bridgehead atoms. The van der Waals surface area contributed by atoms with Gasteiger partial charge >= 0.3 is 16.1 Å². The number of ether oxygens (including phenoxy) is 1. The zero-order valence-corrected chi connectivity index (χ0v) is 13.7. The molecule has 0 aromatic rings. The van der Waals surface area contributed by atoms with Gasteiger partial charge in [0.1, 0.15) is 0 Å². The Balaban J connectivity index is 3.58. The summed E-state index contributed by atoms with van der Waals surface area (Å²) < 4.78 is 35.0. The molecule has 0 saturated heterocycles. The standard InChI is InChI=1S/C14H29NO5S/c1-2-3-4-5-6-7-8-9-10-11-13(16)20-14(12-15)21(17,18)19/h14H,2-12,15H2,1H3,(H,17,18,19). The predicted octanol–water partition coefficient (Wildman–Crippen LogP) is 2.62. The normalized spacial score (nSPS) is 13.1. The first kappa shape index (κ1) is 20.3. The molecule has 1 atom stereocenters. The third-order valence-corrected chi connectivity index (χ3v) is 4.23. The minimum absolute atomic E-state index is 0.155. The van der Waals surface area contributed by atoms with Gasteiger partial charge in [-0.15, -0.1) is 0 Å². The molecule has 0 aliphatic rings. The first-order chi connectivity index (χ1) is 9.91. The van der Waals surface area contributed by atoms with Crippen molar-refractivity contribution >= 4 is 16.1 Å². The van der Waals surface area contributed by atoms with Crippen molar-refractivity contribution in [3.05, 3.63) is 0 Å². The van der Waals surface area contributed by atoms with Gasteiger partial charge in [-0.3, -0.25) is 9.35 Å². The van der Waals surface area contributed by atoms with E-state index in [0.717, 1.165) is 19.3 Å². The summed E-state index contributed by atoms with van der Waals surface area (Å²) in [6, 6.07) is 0. The van der Waals surface area contributed by atoms with Crippen LogP contribution in [-0.2, 0) is 19.6 Å².